The van der Waals surface area contributed by atoms with E-state index in [1.54, 1.807) is 12.1 Å². The Hall–Kier alpha value is -2.10. The number of phenolic OH excluding ortho intramolecular Hbond substituents is 1. The van der Waals surface area contributed by atoms with Gasteiger partial charge in [0.25, 0.3) is 0 Å². The van der Waals surface area contributed by atoms with Crippen molar-refractivity contribution in [3.8, 4) is 5.75 Å². The summed E-state index contributed by atoms with van der Waals surface area (Å²) in [5.41, 5.74) is 2.41. The number of carbonyl (C=O) groups excluding carboxylic acids is 1. The molecule has 0 spiro atoms. The largest absolute Gasteiger partial charge is 0.508 e. The van der Waals surface area contributed by atoms with Gasteiger partial charge < -0.3 is 10.2 Å². The second-order valence-electron chi connectivity index (χ2n) is 4.35. The van der Waals surface area contributed by atoms with Crippen LogP contribution in [0.1, 0.15) is 25.0 Å². The number of allylic oxidation sites excluding steroid dienone is 2. The van der Waals surface area contributed by atoms with E-state index in [1.165, 1.54) is 6.07 Å². The first-order chi connectivity index (χ1) is 8.40. The van der Waals surface area contributed by atoms with Crippen LogP contribution in [-0.4, -0.2) is 22.0 Å². The molecule has 0 radical (unpaired) electrons. The Kier molecular flexibility index (Phi) is 4.66. The van der Waals surface area contributed by atoms with E-state index < -0.39 is 11.8 Å². The van der Waals surface area contributed by atoms with Crippen molar-refractivity contribution in [1.29, 1.82) is 0 Å². The Morgan fingerprint density at radius 3 is 2.50 bits per heavy atom. The minimum Gasteiger partial charge on any atom is -0.508 e. The number of Topliss-reactive ketones (excluding diaryl/α,β-unsaturated/α-hetero) is 1. The van der Waals surface area contributed by atoms with E-state index in [0.717, 1.165) is 5.57 Å². The average Bonchev–Trinajstić information content (AvgIpc) is 2.29. The number of hydrogen-bond donors (Lipinski definition) is 2. The number of carboxylic acid groups (broad SMARTS) is 1. The molecule has 1 aromatic carbocycles. The molecule has 0 aliphatic carbocycles. The number of aromatic hydroxyl groups is 1. The Labute approximate surface area is 106 Å². The van der Waals surface area contributed by atoms with Gasteiger partial charge in [-0.25, -0.2) is 4.79 Å². The normalized spacial score (nSPS) is 9.89. The highest BCUT2D eigenvalue weighted by molar-refractivity contribution is 6.33. The van der Waals surface area contributed by atoms with Crippen molar-refractivity contribution in [2.75, 3.05) is 0 Å². The van der Waals surface area contributed by atoms with Crippen LogP contribution in [0.3, 0.4) is 0 Å². The number of carboxylic acids is 1. The van der Waals surface area contributed by atoms with Crippen LogP contribution in [0, 0.1) is 0 Å². The van der Waals surface area contributed by atoms with E-state index in [9.17, 15) is 14.7 Å². The Morgan fingerprint density at radius 1 is 1.28 bits per heavy atom. The van der Waals surface area contributed by atoms with E-state index >= 15 is 0 Å². The minimum atomic E-state index is -1.44. The van der Waals surface area contributed by atoms with E-state index in [2.05, 4.69) is 0 Å². The molecule has 0 fully saturated rings. The fourth-order valence-corrected chi connectivity index (χ4v) is 1.49. The van der Waals surface area contributed by atoms with Crippen LogP contribution < -0.4 is 0 Å². The van der Waals surface area contributed by atoms with Gasteiger partial charge in [-0.1, -0.05) is 23.8 Å². The molecule has 1 rings (SSSR count). The fraction of sp³-hybridized carbons (Fsp3) is 0.286. The van der Waals surface area contributed by atoms with Gasteiger partial charge >= 0.3 is 5.97 Å². The monoisotopic (exact) mass is 248 g/mol. The standard InChI is InChI=1S/C14H16O4/c1-9(2)3-5-11-7-10(4-6-12(11)15)8-13(16)14(17)18/h3-4,6-7,15H,5,8H2,1-2H3,(H,17,18). The molecule has 0 aromatic heterocycles. The molecular formula is C14H16O4. The molecule has 4 nitrogen and oxygen atoms in total. The quantitative estimate of drug-likeness (QED) is 0.618. The van der Waals surface area contributed by atoms with E-state index in [4.69, 9.17) is 5.11 Å². The van der Waals surface area contributed by atoms with Gasteiger partial charge in [0.15, 0.2) is 0 Å². The predicted octanol–water partition coefficient (Wildman–Crippen LogP) is 2.10. The van der Waals surface area contributed by atoms with Crippen molar-refractivity contribution in [2.45, 2.75) is 26.7 Å². The van der Waals surface area contributed by atoms with Crippen LogP contribution >= 0.6 is 0 Å². The lowest BCUT2D eigenvalue weighted by Gasteiger charge is -2.05. The van der Waals surface area contributed by atoms with Crippen LogP contribution in [0.2, 0.25) is 0 Å². The molecule has 96 valence electrons. The predicted molar refractivity (Wildman–Crippen MR) is 67.6 cm³/mol. The number of carbonyl (C=O) groups is 2. The molecule has 0 amide bonds. The number of benzene rings is 1. The van der Waals surface area contributed by atoms with Crippen LogP contribution in [0.25, 0.3) is 0 Å². The number of hydrogen-bond acceptors (Lipinski definition) is 3. The maximum Gasteiger partial charge on any atom is 0.372 e. The maximum atomic E-state index is 11.1. The first kappa shape index (κ1) is 14.0. The lowest BCUT2D eigenvalue weighted by molar-refractivity contribution is -0.148. The summed E-state index contributed by atoms with van der Waals surface area (Å²) in [5.74, 6) is -2.14. The van der Waals surface area contributed by atoms with Crippen LogP contribution in [0.4, 0.5) is 0 Å². The van der Waals surface area contributed by atoms with E-state index in [1.807, 2.05) is 19.9 Å². The van der Waals surface area contributed by atoms with Crippen LogP contribution in [-0.2, 0) is 22.4 Å². The van der Waals surface area contributed by atoms with Gasteiger partial charge in [0, 0.05) is 6.42 Å². The van der Waals surface area contributed by atoms with Gasteiger partial charge in [-0.3, -0.25) is 4.79 Å². The summed E-state index contributed by atoms with van der Waals surface area (Å²) in [6, 6.07) is 4.70. The number of rotatable bonds is 5. The van der Waals surface area contributed by atoms with Gasteiger partial charge in [0.2, 0.25) is 5.78 Å². The smallest absolute Gasteiger partial charge is 0.372 e. The number of aliphatic carboxylic acids is 1. The molecule has 0 aliphatic rings. The van der Waals surface area contributed by atoms with Crippen molar-refractivity contribution >= 4 is 11.8 Å². The van der Waals surface area contributed by atoms with E-state index in [0.29, 0.717) is 17.5 Å². The average molecular weight is 248 g/mol. The molecule has 0 atom stereocenters. The molecule has 1 aromatic rings. The zero-order chi connectivity index (χ0) is 13.7. The fourth-order valence-electron chi connectivity index (χ4n) is 1.49. The maximum absolute atomic E-state index is 11.1. The van der Waals surface area contributed by atoms with Crippen LogP contribution in [0.5, 0.6) is 5.75 Å². The Bertz CT molecular complexity index is 497. The highest BCUT2D eigenvalue weighted by atomic mass is 16.4. The zero-order valence-corrected chi connectivity index (χ0v) is 10.4. The van der Waals surface area contributed by atoms with Gasteiger partial charge in [0.1, 0.15) is 5.75 Å². The second-order valence-corrected chi connectivity index (χ2v) is 4.35. The van der Waals surface area contributed by atoms with Gasteiger partial charge in [-0.2, -0.15) is 0 Å². The van der Waals surface area contributed by atoms with Crippen molar-refractivity contribution < 1.29 is 19.8 Å². The molecule has 0 bridgehead atoms. The first-order valence-corrected chi connectivity index (χ1v) is 5.60. The zero-order valence-electron chi connectivity index (χ0n) is 10.4. The molecular weight excluding hydrogens is 232 g/mol. The topological polar surface area (TPSA) is 74.6 Å². The van der Waals surface area contributed by atoms with E-state index in [-0.39, 0.29) is 12.2 Å². The lowest BCUT2D eigenvalue weighted by atomic mass is 10.0. The molecule has 0 unspecified atom stereocenters. The molecule has 18 heavy (non-hydrogen) atoms. The summed E-state index contributed by atoms with van der Waals surface area (Å²) in [5, 5.41) is 18.2. The molecule has 4 heteroatoms. The molecule has 2 N–H and O–H groups in total. The first-order valence-electron chi connectivity index (χ1n) is 5.60. The molecule has 0 saturated carbocycles. The molecule has 0 aliphatic heterocycles. The van der Waals surface area contributed by atoms with Gasteiger partial charge in [0.05, 0.1) is 0 Å². The lowest BCUT2D eigenvalue weighted by Crippen LogP contribution is -2.15. The van der Waals surface area contributed by atoms with Crippen molar-refractivity contribution in [3.05, 3.63) is 41.0 Å². The molecule has 0 saturated heterocycles. The molecule has 0 heterocycles. The highest BCUT2D eigenvalue weighted by Gasteiger charge is 2.13. The van der Waals surface area contributed by atoms with Gasteiger partial charge in [-0.15, -0.1) is 0 Å². The number of ketones is 1. The number of phenols is 1. The third-order valence-electron chi connectivity index (χ3n) is 2.48. The highest BCUT2D eigenvalue weighted by Crippen LogP contribution is 2.20. The summed E-state index contributed by atoms with van der Waals surface area (Å²) >= 11 is 0. The third-order valence-corrected chi connectivity index (χ3v) is 2.48. The van der Waals surface area contributed by atoms with Crippen LogP contribution in [0.15, 0.2) is 29.8 Å². The summed E-state index contributed by atoms with van der Waals surface area (Å²) in [4.78, 5) is 21.6. The summed E-state index contributed by atoms with van der Waals surface area (Å²) in [7, 11) is 0. The third kappa shape index (κ3) is 4.05. The second kappa shape index (κ2) is 6.00. The van der Waals surface area contributed by atoms with Crippen molar-refractivity contribution in [2.24, 2.45) is 0 Å². The van der Waals surface area contributed by atoms with Gasteiger partial charge in [-0.05, 0) is 37.5 Å². The van der Waals surface area contributed by atoms with Crippen molar-refractivity contribution in [3.63, 3.8) is 0 Å². The van der Waals surface area contributed by atoms with Crippen molar-refractivity contribution in [1.82, 2.24) is 0 Å². The summed E-state index contributed by atoms with van der Waals surface area (Å²) in [6.45, 7) is 3.91. The Morgan fingerprint density at radius 2 is 1.94 bits per heavy atom. The summed E-state index contributed by atoms with van der Waals surface area (Å²) < 4.78 is 0. The Balaban J connectivity index is 2.90. The minimum absolute atomic E-state index is 0.152. The summed E-state index contributed by atoms with van der Waals surface area (Å²) in [6.07, 6.45) is 2.36. The SMILES string of the molecule is CC(C)=CCc1cc(CC(=O)C(=O)O)ccc1O.